The lowest BCUT2D eigenvalue weighted by molar-refractivity contribution is -0.930. The maximum absolute atomic E-state index is 11.4. The first kappa shape index (κ1) is 17.2. The Bertz CT molecular complexity index is 877. The lowest BCUT2D eigenvalue weighted by Crippen LogP contribution is -3.14. The van der Waals surface area contributed by atoms with Gasteiger partial charge in [0.25, 0.3) is 0 Å². The van der Waals surface area contributed by atoms with E-state index in [2.05, 4.69) is 48.2 Å². The SMILES string of the molecule is CC(=O)c1ccc(N2CC[NH+]([C@@H](C)c3nc4ccccc4s3)CC2)cc1. The van der Waals surface area contributed by atoms with Gasteiger partial charge < -0.3 is 9.80 Å². The van der Waals surface area contributed by atoms with Gasteiger partial charge in [0.1, 0.15) is 6.04 Å². The number of quaternary nitrogens is 1. The number of benzene rings is 2. The average molecular weight is 367 g/mol. The van der Waals surface area contributed by atoms with E-state index < -0.39 is 0 Å². The molecule has 1 aliphatic heterocycles. The minimum absolute atomic E-state index is 0.121. The highest BCUT2D eigenvalue weighted by Crippen LogP contribution is 2.25. The first-order chi connectivity index (χ1) is 12.6. The first-order valence-corrected chi connectivity index (χ1v) is 9.99. The van der Waals surface area contributed by atoms with Crippen LogP contribution >= 0.6 is 11.3 Å². The molecule has 1 atom stereocenters. The summed E-state index contributed by atoms with van der Waals surface area (Å²) in [5.74, 6) is 0.121. The van der Waals surface area contributed by atoms with E-state index in [9.17, 15) is 4.79 Å². The van der Waals surface area contributed by atoms with Gasteiger partial charge in [0.2, 0.25) is 0 Å². The van der Waals surface area contributed by atoms with Crippen LogP contribution in [0.3, 0.4) is 0 Å². The topological polar surface area (TPSA) is 37.6 Å². The van der Waals surface area contributed by atoms with Gasteiger partial charge in [-0.15, -0.1) is 11.3 Å². The second-order valence-corrected chi connectivity index (χ2v) is 8.05. The highest BCUT2D eigenvalue weighted by molar-refractivity contribution is 7.18. The number of nitrogens with zero attached hydrogens (tertiary/aromatic N) is 2. The number of thiazole rings is 1. The number of aromatic nitrogens is 1. The fourth-order valence-corrected chi connectivity index (χ4v) is 4.72. The van der Waals surface area contributed by atoms with E-state index in [4.69, 9.17) is 4.98 Å². The Labute approximate surface area is 158 Å². The Hall–Kier alpha value is -2.24. The van der Waals surface area contributed by atoms with Crippen LogP contribution in [0.25, 0.3) is 10.2 Å². The summed E-state index contributed by atoms with van der Waals surface area (Å²) in [7, 11) is 0. The van der Waals surface area contributed by atoms with Crippen molar-refractivity contribution in [2.24, 2.45) is 0 Å². The number of ketones is 1. The predicted octanol–water partition coefficient (Wildman–Crippen LogP) is 2.97. The number of rotatable bonds is 4. The molecule has 1 saturated heterocycles. The number of carbonyl (C=O) groups excluding carboxylic acids is 1. The molecule has 1 N–H and O–H groups in total. The Morgan fingerprint density at radius 2 is 1.81 bits per heavy atom. The van der Waals surface area contributed by atoms with Crippen molar-refractivity contribution in [3.63, 3.8) is 0 Å². The smallest absolute Gasteiger partial charge is 0.159 e. The summed E-state index contributed by atoms with van der Waals surface area (Å²) < 4.78 is 1.28. The highest BCUT2D eigenvalue weighted by atomic mass is 32.1. The van der Waals surface area contributed by atoms with Crippen molar-refractivity contribution in [3.05, 3.63) is 59.1 Å². The summed E-state index contributed by atoms with van der Waals surface area (Å²) in [5.41, 5.74) is 3.10. The Morgan fingerprint density at radius 3 is 2.46 bits per heavy atom. The summed E-state index contributed by atoms with van der Waals surface area (Å²) in [6, 6.07) is 16.8. The standard InChI is InChI=1S/C21H23N3OS/c1-15(21-22-19-5-3-4-6-20(19)26-21)23-11-13-24(14-12-23)18-9-7-17(8-10-18)16(2)25/h3-10,15H,11-14H2,1-2H3/p+1/t15-/m0/s1. The molecule has 4 rings (SSSR count). The lowest BCUT2D eigenvalue weighted by Gasteiger charge is -2.36. The van der Waals surface area contributed by atoms with Gasteiger partial charge in [-0.1, -0.05) is 12.1 Å². The summed E-state index contributed by atoms with van der Waals surface area (Å²) in [4.78, 5) is 20.3. The van der Waals surface area contributed by atoms with E-state index in [1.54, 1.807) is 11.8 Å². The van der Waals surface area contributed by atoms with Gasteiger partial charge in [0.05, 0.1) is 36.4 Å². The second kappa shape index (κ2) is 7.17. The minimum atomic E-state index is 0.121. The van der Waals surface area contributed by atoms with Crippen LogP contribution in [0.5, 0.6) is 0 Å². The second-order valence-electron chi connectivity index (χ2n) is 6.99. The highest BCUT2D eigenvalue weighted by Gasteiger charge is 2.27. The number of Topliss-reactive ketones (excluding diaryl/α,β-unsaturated/α-hetero) is 1. The van der Waals surface area contributed by atoms with Crippen molar-refractivity contribution in [1.82, 2.24) is 4.98 Å². The number of nitrogens with one attached hydrogen (secondary N) is 1. The summed E-state index contributed by atoms with van der Waals surface area (Å²) in [6.07, 6.45) is 0. The van der Waals surface area contributed by atoms with Gasteiger partial charge >= 0.3 is 0 Å². The van der Waals surface area contributed by atoms with Crippen molar-refractivity contribution >= 4 is 33.0 Å². The number of piperazine rings is 1. The van der Waals surface area contributed by atoms with Gasteiger partial charge in [-0.05, 0) is 50.2 Å². The molecular weight excluding hydrogens is 342 g/mol. The van der Waals surface area contributed by atoms with Crippen LogP contribution in [0.15, 0.2) is 48.5 Å². The van der Waals surface area contributed by atoms with Crippen LogP contribution in [-0.4, -0.2) is 36.9 Å². The van der Waals surface area contributed by atoms with Gasteiger partial charge in [-0.3, -0.25) is 4.79 Å². The van der Waals surface area contributed by atoms with Gasteiger partial charge in [-0.25, -0.2) is 4.98 Å². The van der Waals surface area contributed by atoms with E-state index in [0.717, 1.165) is 37.3 Å². The van der Waals surface area contributed by atoms with Crippen molar-refractivity contribution in [2.75, 3.05) is 31.1 Å². The molecule has 0 radical (unpaired) electrons. The number of carbonyl (C=O) groups is 1. The molecule has 0 aliphatic carbocycles. The molecule has 1 fully saturated rings. The fraction of sp³-hybridized carbons (Fsp3) is 0.333. The molecular formula is C21H24N3OS+. The zero-order chi connectivity index (χ0) is 18.1. The van der Waals surface area contributed by atoms with Crippen LogP contribution in [0.4, 0.5) is 5.69 Å². The molecule has 1 aliphatic rings. The van der Waals surface area contributed by atoms with Crippen molar-refractivity contribution in [3.8, 4) is 0 Å². The molecule has 0 saturated carbocycles. The van der Waals surface area contributed by atoms with Crippen LogP contribution in [0.2, 0.25) is 0 Å². The van der Waals surface area contributed by atoms with E-state index >= 15 is 0 Å². The molecule has 4 nitrogen and oxygen atoms in total. The number of para-hydroxylation sites is 1. The normalized spacial score (nSPS) is 16.8. The minimum Gasteiger partial charge on any atom is -0.360 e. The zero-order valence-corrected chi connectivity index (χ0v) is 16.1. The molecule has 0 bridgehead atoms. The van der Waals surface area contributed by atoms with Crippen molar-refractivity contribution in [1.29, 1.82) is 0 Å². The predicted molar refractivity (Wildman–Crippen MR) is 107 cm³/mol. The Balaban J connectivity index is 1.41. The maximum Gasteiger partial charge on any atom is 0.159 e. The summed E-state index contributed by atoms with van der Waals surface area (Å²) in [6.45, 7) is 8.18. The first-order valence-electron chi connectivity index (χ1n) is 9.18. The van der Waals surface area contributed by atoms with Gasteiger partial charge in [0, 0.05) is 11.3 Å². The number of fused-ring (bicyclic) bond motifs is 1. The molecule has 134 valence electrons. The Morgan fingerprint density at radius 1 is 1.12 bits per heavy atom. The van der Waals surface area contributed by atoms with Crippen molar-refractivity contribution in [2.45, 2.75) is 19.9 Å². The number of anilines is 1. The summed E-state index contributed by atoms with van der Waals surface area (Å²) >= 11 is 1.82. The number of hydrogen-bond acceptors (Lipinski definition) is 4. The van der Waals surface area contributed by atoms with E-state index in [0.29, 0.717) is 6.04 Å². The maximum atomic E-state index is 11.4. The molecule has 0 unspecified atom stereocenters. The van der Waals surface area contributed by atoms with Crippen LogP contribution in [-0.2, 0) is 0 Å². The molecule has 26 heavy (non-hydrogen) atoms. The van der Waals surface area contributed by atoms with E-state index in [1.165, 1.54) is 15.4 Å². The molecule has 2 heterocycles. The van der Waals surface area contributed by atoms with Crippen LogP contribution < -0.4 is 9.80 Å². The zero-order valence-electron chi connectivity index (χ0n) is 15.2. The number of hydrogen-bond donors (Lipinski definition) is 1. The molecule has 3 aromatic rings. The summed E-state index contributed by atoms with van der Waals surface area (Å²) in [5, 5.41) is 1.24. The molecule has 1 aromatic heterocycles. The molecule has 0 spiro atoms. The lowest BCUT2D eigenvalue weighted by atomic mass is 10.1. The molecule has 0 amide bonds. The van der Waals surface area contributed by atoms with Gasteiger partial charge in [0.15, 0.2) is 10.8 Å². The third-order valence-electron chi connectivity index (χ3n) is 5.34. The van der Waals surface area contributed by atoms with E-state index in [-0.39, 0.29) is 5.78 Å². The quantitative estimate of drug-likeness (QED) is 0.722. The average Bonchev–Trinajstić information content (AvgIpc) is 3.12. The monoisotopic (exact) mass is 366 g/mol. The molecule has 5 heteroatoms. The van der Waals surface area contributed by atoms with Crippen LogP contribution in [0.1, 0.15) is 35.3 Å². The van der Waals surface area contributed by atoms with E-state index in [1.807, 2.05) is 23.5 Å². The largest absolute Gasteiger partial charge is 0.360 e. The van der Waals surface area contributed by atoms with Gasteiger partial charge in [-0.2, -0.15) is 0 Å². The molecule has 2 aromatic carbocycles. The van der Waals surface area contributed by atoms with Crippen LogP contribution in [0, 0.1) is 0 Å². The Kier molecular flexibility index (Phi) is 4.74. The fourth-order valence-electron chi connectivity index (χ4n) is 3.64. The van der Waals surface area contributed by atoms with Crippen molar-refractivity contribution < 1.29 is 9.69 Å². The third kappa shape index (κ3) is 3.37. The third-order valence-corrected chi connectivity index (χ3v) is 6.56.